The molecule has 0 fully saturated rings. The molecule has 6 heteroatoms. The van der Waals surface area contributed by atoms with E-state index in [0.717, 1.165) is 12.1 Å². The maximum absolute atomic E-state index is 12.4. The van der Waals surface area contributed by atoms with Gasteiger partial charge < -0.3 is 4.74 Å². The molecule has 0 bridgehead atoms. The SMILES string of the molecule is O=C(Cl)c1ccc(OC(F)(F)CF)cc1. The lowest BCUT2D eigenvalue weighted by molar-refractivity contribution is -0.186. The zero-order valence-corrected chi connectivity index (χ0v) is 8.10. The normalized spacial score (nSPS) is 11.2. The number of rotatable bonds is 4. The molecule has 82 valence electrons. The van der Waals surface area contributed by atoms with E-state index in [1.165, 1.54) is 12.1 Å². The standard InChI is InChI=1S/C9H6ClF3O2/c10-8(14)6-1-3-7(4-2-6)15-9(12,13)5-11/h1-4H,5H2. The molecule has 1 aromatic carbocycles. The van der Waals surface area contributed by atoms with E-state index in [2.05, 4.69) is 4.74 Å². The number of hydrogen-bond donors (Lipinski definition) is 0. The first-order valence-corrected chi connectivity index (χ1v) is 4.25. The third-order valence-corrected chi connectivity index (χ3v) is 1.72. The van der Waals surface area contributed by atoms with Crippen molar-refractivity contribution < 1.29 is 22.7 Å². The molecule has 0 aliphatic heterocycles. The van der Waals surface area contributed by atoms with Crippen molar-refractivity contribution >= 4 is 16.8 Å². The monoisotopic (exact) mass is 238 g/mol. The second kappa shape index (κ2) is 4.53. The summed E-state index contributed by atoms with van der Waals surface area (Å²) in [5, 5.41) is -0.709. The van der Waals surface area contributed by atoms with E-state index in [9.17, 15) is 18.0 Å². The minimum Gasteiger partial charge on any atom is -0.431 e. The predicted molar refractivity (Wildman–Crippen MR) is 48.2 cm³/mol. The summed E-state index contributed by atoms with van der Waals surface area (Å²) in [4.78, 5) is 10.6. The van der Waals surface area contributed by atoms with Gasteiger partial charge in [-0.15, -0.1) is 0 Å². The second-order valence-electron chi connectivity index (χ2n) is 2.67. The minimum atomic E-state index is -3.85. The Morgan fingerprint density at radius 3 is 2.27 bits per heavy atom. The van der Waals surface area contributed by atoms with Crippen molar-refractivity contribution in [2.24, 2.45) is 0 Å². The number of alkyl halides is 3. The van der Waals surface area contributed by atoms with Crippen molar-refractivity contribution in [3.05, 3.63) is 29.8 Å². The van der Waals surface area contributed by atoms with E-state index >= 15 is 0 Å². The lowest BCUT2D eigenvalue weighted by Gasteiger charge is -2.14. The van der Waals surface area contributed by atoms with Crippen LogP contribution in [0.5, 0.6) is 5.75 Å². The Labute approximate surface area is 88.6 Å². The third-order valence-electron chi connectivity index (χ3n) is 1.50. The fourth-order valence-electron chi connectivity index (χ4n) is 0.854. The Morgan fingerprint density at radius 2 is 1.87 bits per heavy atom. The van der Waals surface area contributed by atoms with Crippen molar-refractivity contribution in [2.75, 3.05) is 6.67 Å². The summed E-state index contributed by atoms with van der Waals surface area (Å²) in [5.41, 5.74) is 0.146. The highest BCUT2D eigenvalue weighted by molar-refractivity contribution is 6.67. The molecular weight excluding hydrogens is 233 g/mol. The predicted octanol–water partition coefficient (Wildman–Crippen LogP) is 3.01. The zero-order chi connectivity index (χ0) is 11.5. The Bertz CT molecular complexity index is 351. The van der Waals surface area contributed by atoms with Crippen LogP contribution in [0.15, 0.2) is 24.3 Å². The van der Waals surface area contributed by atoms with Crippen molar-refractivity contribution in [1.29, 1.82) is 0 Å². The molecule has 1 rings (SSSR count). The lowest BCUT2D eigenvalue weighted by atomic mass is 10.2. The molecule has 0 atom stereocenters. The number of ether oxygens (including phenoxy) is 1. The molecule has 0 heterocycles. The number of halogens is 4. The van der Waals surface area contributed by atoms with E-state index in [1.807, 2.05) is 0 Å². The Hall–Kier alpha value is -1.23. The number of benzene rings is 1. The fraction of sp³-hybridized carbons (Fsp3) is 0.222. The molecule has 0 aliphatic rings. The van der Waals surface area contributed by atoms with Crippen LogP contribution < -0.4 is 4.74 Å². The summed E-state index contributed by atoms with van der Waals surface area (Å²) in [6.07, 6.45) is -3.85. The van der Waals surface area contributed by atoms with Gasteiger partial charge >= 0.3 is 6.11 Å². The molecule has 0 saturated carbocycles. The first-order chi connectivity index (χ1) is 6.94. The van der Waals surface area contributed by atoms with Crippen molar-refractivity contribution in [1.82, 2.24) is 0 Å². The van der Waals surface area contributed by atoms with Crippen LogP contribution in [0, 0.1) is 0 Å². The van der Waals surface area contributed by atoms with Crippen molar-refractivity contribution in [3.8, 4) is 5.75 Å². The quantitative estimate of drug-likeness (QED) is 0.754. The second-order valence-corrected chi connectivity index (χ2v) is 3.01. The summed E-state index contributed by atoms with van der Waals surface area (Å²) >= 11 is 5.13. The van der Waals surface area contributed by atoms with Gasteiger partial charge in [-0.25, -0.2) is 4.39 Å². The summed E-state index contributed by atoms with van der Waals surface area (Å²) in [5.74, 6) is -0.237. The van der Waals surface area contributed by atoms with Gasteiger partial charge in [0.25, 0.3) is 5.24 Å². The summed E-state index contributed by atoms with van der Waals surface area (Å²) in [6.45, 7) is -1.91. The number of carbonyl (C=O) groups is 1. The van der Waals surface area contributed by atoms with Gasteiger partial charge in [0.05, 0.1) is 0 Å². The molecule has 1 aromatic rings. The van der Waals surface area contributed by atoms with Crippen LogP contribution in [-0.2, 0) is 0 Å². The smallest absolute Gasteiger partial charge is 0.427 e. The number of hydrogen-bond acceptors (Lipinski definition) is 2. The van der Waals surface area contributed by atoms with Crippen LogP contribution in [0.4, 0.5) is 13.2 Å². The first-order valence-electron chi connectivity index (χ1n) is 3.87. The summed E-state index contributed by atoms with van der Waals surface area (Å²) in [6, 6.07) is 4.64. The van der Waals surface area contributed by atoms with Crippen LogP contribution in [0.2, 0.25) is 0 Å². The zero-order valence-electron chi connectivity index (χ0n) is 7.34. The van der Waals surface area contributed by atoms with Crippen molar-refractivity contribution in [2.45, 2.75) is 6.11 Å². The molecule has 2 nitrogen and oxygen atoms in total. The van der Waals surface area contributed by atoms with Crippen LogP contribution >= 0.6 is 11.6 Å². The first kappa shape index (κ1) is 11.8. The van der Waals surface area contributed by atoms with Gasteiger partial charge in [0.2, 0.25) is 0 Å². The van der Waals surface area contributed by atoms with Crippen molar-refractivity contribution in [3.63, 3.8) is 0 Å². The van der Waals surface area contributed by atoms with Crippen LogP contribution in [0.1, 0.15) is 10.4 Å². The van der Waals surface area contributed by atoms with E-state index in [0.29, 0.717) is 0 Å². The van der Waals surface area contributed by atoms with Gasteiger partial charge in [-0.3, -0.25) is 4.79 Å². The van der Waals surface area contributed by atoms with E-state index in [4.69, 9.17) is 11.6 Å². The Balaban J connectivity index is 2.77. The average molecular weight is 239 g/mol. The van der Waals surface area contributed by atoms with E-state index < -0.39 is 18.0 Å². The molecule has 0 amide bonds. The minimum absolute atomic E-state index is 0.146. The molecule has 0 unspecified atom stereocenters. The van der Waals surface area contributed by atoms with Gasteiger partial charge in [-0.1, -0.05) is 0 Å². The maximum Gasteiger partial charge on any atom is 0.427 e. The van der Waals surface area contributed by atoms with Crippen LogP contribution in [0.25, 0.3) is 0 Å². The highest BCUT2D eigenvalue weighted by Gasteiger charge is 2.31. The number of carbonyl (C=O) groups excluding carboxylic acids is 1. The molecule has 15 heavy (non-hydrogen) atoms. The van der Waals surface area contributed by atoms with Crippen LogP contribution in [-0.4, -0.2) is 18.0 Å². The molecule has 0 aromatic heterocycles. The maximum atomic E-state index is 12.4. The van der Waals surface area contributed by atoms with Crippen LogP contribution in [0.3, 0.4) is 0 Å². The fourth-order valence-corrected chi connectivity index (χ4v) is 0.980. The lowest BCUT2D eigenvalue weighted by Crippen LogP contribution is -2.26. The molecule has 0 N–H and O–H groups in total. The summed E-state index contributed by atoms with van der Waals surface area (Å²) in [7, 11) is 0. The highest BCUT2D eigenvalue weighted by Crippen LogP contribution is 2.22. The highest BCUT2D eigenvalue weighted by atomic mass is 35.5. The van der Waals surface area contributed by atoms with Gasteiger partial charge in [-0.05, 0) is 35.9 Å². The third kappa shape index (κ3) is 3.43. The Morgan fingerprint density at radius 1 is 1.33 bits per heavy atom. The topological polar surface area (TPSA) is 26.3 Å². The van der Waals surface area contributed by atoms with E-state index in [-0.39, 0.29) is 11.3 Å². The average Bonchev–Trinajstić information content (AvgIpc) is 2.18. The molecule has 0 spiro atoms. The van der Waals surface area contributed by atoms with E-state index in [1.54, 1.807) is 0 Å². The largest absolute Gasteiger partial charge is 0.431 e. The molecule has 0 radical (unpaired) electrons. The molecule has 0 aliphatic carbocycles. The van der Waals surface area contributed by atoms with Gasteiger partial charge in [0, 0.05) is 5.56 Å². The molecule has 0 saturated heterocycles. The molecular formula is C9H6ClF3O2. The van der Waals surface area contributed by atoms with Gasteiger partial charge in [0.1, 0.15) is 5.75 Å². The van der Waals surface area contributed by atoms with Gasteiger partial charge in [0.15, 0.2) is 6.67 Å². The van der Waals surface area contributed by atoms with Gasteiger partial charge in [-0.2, -0.15) is 8.78 Å². The summed E-state index contributed by atoms with van der Waals surface area (Å²) < 4.78 is 40.6. The Kier molecular flexibility index (Phi) is 3.57.